The van der Waals surface area contributed by atoms with Crippen molar-refractivity contribution in [1.82, 2.24) is 15.5 Å². The fourth-order valence-electron chi connectivity index (χ4n) is 2.14. The molecule has 24 heavy (non-hydrogen) atoms. The number of aromatic nitrogens is 2. The molecule has 0 aliphatic carbocycles. The maximum Gasteiger partial charge on any atom is 0.269 e. The van der Waals surface area contributed by atoms with Crippen LogP contribution >= 0.6 is 11.6 Å². The first-order chi connectivity index (χ1) is 11.5. The molecule has 0 saturated heterocycles. The van der Waals surface area contributed by atoms with Crippen LogP contribution in [0.1, 0.15) is 16.1 Å². The monoisotopic (exact) mass is 347 g/mol. The molecule has 0 bridgehead atoms. The molecular weight excluding hydrogens is 336 g/mol. The standard InChI is InChI=1S/C17H12ClF2N3O/c18-12-4-1-10(2-5-12)15-8-16(23-22-15)17(24)21-9-11-3-6-13(19)7-14(11)20/h1-8H,9H2,(H,21,24)(H,22,23). The Bertz CT molecular complexity index is 878. The molecule has 0 unspecified atom stereocenters. The summed E-state index contributed by atoms with van der Waals surface area (Å²) < 4.78 is 26.4. The fraction of sp³-hybridized carbons (Fsp3) is 0.0588. The summed E-state index contributed by atoms with van der Waals surface area (Å²) in [5.74, 6) is -1.81. The van der Waals surface area contributed by atoms with E-state index in [0.717, 1.165) is 17.7 Å². The van der Waals surface area contributed by atoms with Gasteiger partial charge in [-0.15, -0.1) is 0 Å². The SMILES string of the molecule is O=C(NCc1ccc(F)cc1F)c1cc(-c2ccc(Cl)cc2)n[nH]1. The Morgan fingerprint density at radius 3 is 2.58 bits per heavy atom. The van der Waals surface area contributed by atoms with E-state index < -0.39 is 17.5 Å². The van der Waals surface area contributed by atoms with E-state index in [-0.39, 0.29) is 17.8 Å². The molecule has 7 heteroatoms. The van der Waals surface area contributed by atoms with Crippen LogP contribution in [-0.4, -0.2) is 16.1 Å². The maximum atomic E-state index is 13.5. The van der Waals surface area contributed by atoms with Gasteiger partial charge in [0.05, 0.1) is 5.69 Å². The molecule has 1 aromatic heterocycles. The lowest BCUT2D eigenvalue weighted by Crippen LogP contribution is -2.23. The van der Waals surface area contributed by atoms with Gasteiger partial charge in [-0.3, -0.25) is 9.89 Å². The zero-order valence-corrected chi connectivity index (χ0v) is 13.1. The average molecular weight is 348 g/mol. The highest BCUT2D eigenvalue weighted by atomic mass is 35.5. The van der Waals surface area contributed by atoms with Crippen molar-refractivity contribution < 1.29 is 13.6 Å². The van der Waals surface area contributed by atoms with E-state index in [0.29, 0.717) is 10.7 Å². The number of hydrogen-bond donors (Lipinski definition) is 2. The van der Waals surface area contributed by atoms with Gasteiger partial charge in [0.2, 0.25) is 0 Å². The van der Waals surface area contributed by atoms with Gasteiger partial charge in [0.15, 0.2) is 0 Å². The van der Waals surface area contributed by atoms with Crippen molar-refractivity contribution >= 4 is 17.5 Å². The van der Waals surface area contributed by atoms with E-state index >= 15 is 0 Å². The highest BCUT2D eigenvalue weighted by Crippen LogP contribution is 2.20. The Hall–Kier alpha value is -2.73. The van der Waals surface area contributed by atoms with Crippen LogP contribution in [0.3, 0.4) is 0 Å². The molecule has 0 fully saturated rings. The quantitative estimate of drug-likeness (QED) is 0.751. The van der Waals surface area contributed by atoms with Crippen LogP contribution in [0.5, 0.6) is 0 Å². The number of carbonyl (C=O) groups is 1. The summed E-state index contributed by atoms with van der Waals surface area (Å²) in [7, 11) is 0. The summed E-state index contributed by atoms with van der Waals surface area (Å²) >= 11 is 5.83. The van der Waals surface area contributed by atoms with E-state index in [4.69, 9.17) is 11.6 Å². The van der Waals surface area contributed by atoms with Crippen LogP contribution in [0.25, 0.3) is 11.3 Å². The Labute approximate surface area is 141 Å². The summed E-state index contributed by atoms with van der Waals surface area (Å²) in [5, 5.41) is 9.86. The second-order valence-corrected chi connectivity index (χ2v) is 5.53. The second-order valence-electron chi connectivity index (χ2n) is 5.09. The van der Waals surface area contributed by atoms with Gasteiger partial charge in [0, 0.05) is 28.8 Å². The van der Waals surface area contributed by atoms with E-state index in [1.807, 2.05) is 0 Å². The third-order valence-corrected chi connectivity index (χ3v) is 3.67. The molecule has 0 atom stereocenters. The van der Waals surface area contributed by atoms with Gasteiger partial charge in [0.1, 0.15) is 17.3 Å². The first kappa shape index (κ1) is 16.1. The molecule has 4 nitrogen and oxygen atoms in total. The molecule has 0 spiro atoms. The minimum Gasteiger partial charge on any atom is -0.347 e. The molecule has 2 N–H and O–H groups in total. The van der Waals surface area contributed by atoms with Gasteiger partial charge in [-0.2, -0.15) is 5.10 Å². The van der Waals surface area contributed by atoms with E-state index in [9.17, 15) is 13.6 Å². The van der Waals surface area contributed by atoms with Crippen LogP contribution in [0.15, 0.2) is 48.5 Å². The fourth-order valence-corrected chi connectivity index (χ4v) is 2.27. The van der Waals surface area contributed by atoms with Crippen molar-refractivity contribution in [2.45, 2.75) is 6.54 Å². The predicted octanol–water partition coefficient (Wildman–Crippen LogP) is 3.94. The van der Waals surface area contributed by atoms with E-state index in [1.54, 1.807) is 30.3 Å². The lowest BCUT2D eigenvalue weighted by atomic mass is 10.1. The van der Waals surface area contributed by atoms with Gasteiger partial charge in [-0.1, -0.05) is 29.8 Å². The lowest BCUT2D eigenvalue weighted by molar-refractivity contribution is 0.0945. The molecule has 0 saturated carbocycles. The average Bonchev–Trinajstić information content (AvgIpc) is 3.04. The summed E-state index contributed by atoms with van der Waals surface area (Å²) in [6, 6.07) is 11.8. The number of hydrogen-bond acceptors (Lipinski definition) is 2. The second kappa shape index (κ2) is 6.80. The van der Waals surface area contributed by atoms with Crippen molar-refractivity contribution in [2.24, 2.45) is 0 Å². The minimum absolute atomic E-state index is 0.0553. The zero-order valence-electron chi connectivity index (χ0n) is 12.3. The summed E-state index contributed by atoms with van der Waals surface area (Å²) in [4.78, 5) is 12.1. The summed E-state index contributed by atoms with van der Waals surface area (Å²) in [6.45, 7) is -0.0553. The number of H-pyrrole nitrogens is 1. The van der Waals surface area contributed by atoms with Crippen LogP contribution in [0.2, 0.25) is 5.02 Å². The largest absolute Gasteiger partial charge is 0.347 e. The molecule has 0 radical (unpaired) electrons. The molecule has 1 heterocycles. The summed E-state index contributed by atoms with van der Waals surface area (Å²) in [6.07, 6.45) is 0. The number of benzene rings is 2. The van der Waals surface area contributed by atoms with Crippen molar-refractivity contribution in [2.75, 3.05) is 0 Å². The minimum atomic E-state index is -0.707. The number of halogens is 3. The van der Waals surface area contributed by atoms with Crippen LogP contribution in [0.4, 0.5) is 8.78 Å². The van der Waals surface area contributed by atoms with Crippen molar-refractivity contribution in [3.63, 3.8) is 0 Å². The molecule has 2 aromatic carbocycles. The number of carbonyl (C=O) groups excluding carboxylic acids is 1. The number of rotatable bonds is 4. The first-order valence-electron chi connectivity index (χ1n) is 7.06. The smallest absolute Gasteiger partial charge is 0.269 e. The number of aromatic amines is 1. The van der Waals surface area contributed by atoms with Crippen LogP contribution in [-0.2, 0) is 6.54 Å². The normalized spacial score (nSPS) is 10.6. The highest BCUT2D eigenvalue weighted by Gasteiger charge is 2.12. The topological polar surface area (TPSA) is 57.8 Å². The van der Waals surface area contributed by atoms with E-state index in [2.05, 4.69) is 15.5 Å². The van der Waals surface area contributed by atoms with Gasteiger partial charge in [0.25, 0.3) is 5.91 Å². The van der Waals surface area contributed by atoms with Crippen LogP contribution < -0.4 is 5.32 Å². The molecule has 0 aliphatic rings. The van der Waals surface area contributed by atoms with Crippen molar-refractivity contribution in [3.8, 4) is 11.3 Å². The Balaban J connectivity index is 1.68. The lowest BCUT2D eigenvalue weighted by Gasteiger charge is -2.05. The molecule has 122 valence electrons. The van der Waals surface area contributed by atoms with Gasteiger partial charge < -0.3 is 5.32 Å². The van der Waals surface area contributed by atoms with E-state index in [1.165, 1.54) is 6.07 Å². The molecule has 3 aromatic rings. The van der Waals surface area contributed by atoms with Gasteiger partial charge in [-0.25, -0.2) is 8.78 Å². The van der Waals surface area contributed by atoms with Gasteiger partial charge >= 0.3 is 0 Å². The Kier molecular flexibility index (Phi) is 4.57. The predicted molar refractivity (Wildman–Crippen MR) is 86.6 cm³/mol. The molecule has 3 rings (SSSR count). The maximum absolute atomic E-state index is 13.5. The third kappa shape index (κ3) is 3.60. The Morgan fingerprint density at radius 1 is 1.12 bits per heavy atom. The number of amides is 1. The summed E-state index contributed by atoms with van der Waals surface area (Å²) in [5.41, 5.74) is 1.83. The molecule has 1 amide bonds. The number of nitrogens with one attached hydrogen (secondary N) is 2. The highest BCUT2D eigenvalue weighted by molar-refractivity contribution is 6.30. The first-order valence-corrected chi connectivity index (χ1v) is 7.44. The number of nitrogens with zero attached hydrogens (tertiary/aromatic N) is 1. The Morgan fingerprint density at radius 2 is 1.88 bits per heavy atom. The zero-order chi connectivity index (χ0) is 17.1. The van der Waals surface area contributed by atoms with Gasteiger partial charge in [-0.05, 0) is 24.3 Å². The molecule has 0 aliphatic heterocycles. The molecular formula is C17H12ClF2N3O. The van der Waals surface area contributed by atoms with Crippen molar-refractivity contribution in [1.29, 1.82) is 0 Å². The van der Waals surface area contributed by atoms with Crippen LogP contribution in [0, 0.1) is 11.6 Å². The van der Waals surface area contributed by atoms with Crippen molar-refractivity contribution in [3.05, 3.63) is 76.4 Å². The third-order valence-electron chi connectivity index (χ3n) is 3.42.